The molecule has 5 N–H and O–H groups in total. The number of hydrogen-bond acceptors (Lipinski definition) is 7. The van der Waals surface area contributed by atoms with Gasteiger partial charge in [-0.1, -0.05) is 57.9 Å². The summed E-state index contributed by atoms with van der Waals surface area (Å²) in [6.07, 6.45) is 5.90. The molecule has 0 aromatic heterocycles. The van der Waals surface area contributed by atoms with Gasteiger partial charge < -0.3 is 35.0 Å². The molecule has 246 valence electrons. The van der Waals surface area contributed by atoms with E-state index in [9.17, 15) is 25.5 Å². The highest BCUT2D eigenvalue weighted by Gasteiger charge is 2.70. The van der Waals surface area contributed by atoms with Gasteiger partial charge in [-0.2, -0.15) is 0 Å². The molecule has 0 bridgehead atoms. The van der Waals surface area contributed by atoms with Crippen molar-refractivity contribution in [3.05, 3.63) is 23.3 Å². The van der Waals surface area contributed by atoms with Crippen molar-refractivity contribution in [2.45, 2.75) is 150 Å². The highest BCUT2D eigenvalue weighted by molar-refractivity contribution is 5.23. The van der Waals surface area contributed by atoms with E-state index in [0.717, 1.165) is 51.4 Å². The standard InChI is InChI=1S/C36H60O7/c1-20(2)10-9-11-21(3)22-12-16-36(8)28(22)23(38)18-26-34(6)15-14-27(33(4,5)25(34)13-17-35(26,36)7)43-32-31(41)30(40)29(39)24(19-37)42-32/h10-11,22-32,37-41H,9,12-19H2,1-8H3/b21-11+/t22-,23-,24-,25?,26?,27+,28?,29?,30+,31?,32?,34+,35-,36-/m1/s1. The third-order valence-electron chi connectivity index (χ3n) is 14.0. The summed E-state index contributed by atoms with van der Waals surface area (Å²) in [6, 6.07) is 0. The van der Waals surface area contributed by atoms with E-state index in [1.54, 1.807) is 0 Å². The molecule has 4 saturated carbocycles. The SMILES string of the molecule is CC(C)=CC/C=C(\C)[C@H]1CC[C@]2(C)C1[C@H](O)CC1[C@@]3(C)CC[C@H](OC4O[C@H](CO)C(O)[C@H](O)C4O)C(C)(C)C3CC[C@]12C. The molecule has 0 aromatic carbocycles. The van der Waals surface area contributed by atoms with Crippen molar-refractivity contribution >= 4 is 0 Å². The Morgan fingerprint density at radius 1 is 0.814 bits per heavy atom. The molecule has 5 fully saturated rings. The molecule has 0 amide bonds. The second-order valence-corrected chi connectivity index (χ2v) is 16.6. The lowest BCUT2D eigenvalue weighted by molar-refractivity contribution is -0.331. The lowest BCUT2D eigenvalue weighted by Gasteiger charge is -2.70. The van der Waals surface area contributed by atoms with Crippen LogP contribution in [-0.2, 0) is 9.47 Å². The van der Waals surface area contributed by atoms with Crippen molar-refractivity contribution in [3.63, 3.8) is 0 Å². The summed E-state index contributed by atoms with van der Waals surface area (Å²) in [6.45, 7) is 18.2. The van der Waals surface area contributed by atoms with Gasteiger partial charge >= 0.3 is 0 Å². The van der Waals surface area contributed by atoms with Crippen LogP contribution in [0, 0.1) is 45.3 Å². The lowest BCUT2D eigenvalue weighted by Crippen LogP contribution is -2.67. The van der Waals surface area contributed by atoms with Crippen LogP contribution in [0.2, 0.25) is 0 Å². The molecule has 1 saturated heterocycles. The molecule has 5 rings (SSSR count). The largest absolute Gasteiger partial charge is 0.394 e. The van der Waals surface area contributed by atoms with Crippen LogP contribution in [0.3, 0.4) is 0 Å². The Morgan fingerprint density at radius 3 is 2.14 bits per heavy atom. The van der Waals surface area contributed by atoms with E-state index in [-0.39, 0.29) is 39.8 Å². The van der Waals surface area contributed by atoms with Crippen LogP contribution in [0.25, 0.3) is 0 Å². The van der Waals surface area contributed by atoms with E-state index in [0.29, 0.717) is 17.8 Å². The number of hydrogen-bond donors (Lipinski definition) is 5. The predicted octanol–water partition coefficient (Wildman–Crippen LogP) is 5.13. The van der Waals surface area contributed by atoms with Crippen molar-refractivity contribution in [3.8, 4) is 0 Å². The fourth-order valence-electron chi connectivity index (χ4n) is 11.5. The summed E-state index contributed by atoms with van der Waals surface area (Å²) in [4.78, 5) is 0. The van der Waals surface area contributed by atoms with Crippen LogP contribution in [0.5, 0.6) is 0 Å². The first-order chi connectivity index (χ1) is 20.0. The van der Waals surface area contributed by atoms with Gasteiger partial charge in [-0.3, -0.25) is 0 Å². The summed E-state index contributed by atoms with van der Waals surface area (Å²) in [5.41, 5.74) is 2.80. The number of allylic oxidation sites excluding steroid dienone is 4. The Hall–Kier alpha value is -0.800. The Bertz CT molecular complexity index is 1080. The monoisotopic (exact) mass is 604 g/mol. The normalized spacial score (nSPS) is 51.3. The van der Waals surface area contributed by atoms with Crippen molar-refractivity contribution in [2.24, 2.45) is 45.3 Å². The molecule has 5 aliphatic rings. The molecule has 1 aliphatic heterocycles. The average Bonchev–Trinajstić information content (AvgIpc) is 3.31. The molecule has 14 atom stereocenters. The molecule has 0 radical (unpaired) electrons. The van der Waals surface area contributed by atoms with Gasteiger partial charge in [-0.25, -0.2) is 0 Å². The first-order valence-corrected chi connectivity index (χ1v) is 17.0. The van der Waals surface area contributed by atoms with Gasteiger partial charge in [-0.15, -0.1) is 0 Å². The molecule has 4 aliphatic carbocycles. The summed E-state index contributed by atoms with van der Waals surface area (Å²) in [7, 11) is 0. The molecule has 1 heterocycles. The van der Waals surface area contributed by atoms with Gasteiger partial charge in [0.25, 0.3) is 0 Å². The Kier molecular flexibility index (Phi) is 9.19. The second kappa shape index (κ2) is 11.8. The smallest absolute Gasteiger partial charge is 0.186 e. The quantitative estimate of drug-likeness (QED) is 0.211. The average molecular weight is 605 g/mol. The van der Waals surface area contributed by atoms with Gasteiger partial charge in [0.1, 0.15) is 24.4 Å². The number of aliphatic hydroxyl groups excluding tert-OH is 5. The molecule has 7 heteroatoms. The van der Waals surface area contributed by atoms with E-state index in [2.05, 4.69) is 67.5 Å². The Balaban J connectivity index is 1.38. The summed E-state index contributed by atoms with van der Waals surface area (Å²) in [5.74, 6) is 1.48. The Labute approximate surface area is 259 Å². The zero-order valence-corrected chi connectivity index (χ0v) is 27.9. The zero-order chi connectivity index (χ0) is 31.7. The van der Waals surface area contributed by atoms with Crippen molar-refractivity contribution in [2.75, 3.05) is 6.61 Å². The van der Waals surface area contributed by atoms with Crippen molar-refractivity contribution in [1.82, 2.24) is 0 Å². The van der Waals surface area contributed by atoms with Crippen molar-refractivity contribution in [1.29, 1.82) is 0 Å². The highest BCUT2D eigenvalue weighted by Crippen LogP contribution is 2.75. The molecule has 0 spiro atoms. The van der Waals surface area contributed by atoms with Crippen molar-refractivity contribution < 1.29 is 35.0 Å². The van der Waals surface area contributed by atoms with Crippen LogP contribution in [0.4, 0.5) is 0 Å². The minimum Gasteiger partial charge on any atom is -0.394 e. The summed E-state index contributed by atoms with van der Waals surface area (Å²) >= 11 is 0. The zero-order valence-electron chi connectivity index (χ0n) is 27.9. The maximum atomic E-state index is 12.0. The summed E-state index contributed by atoms with van der Waals surface area (Å²) in [5, 5.41) is 52.9. The maximum Gasteiger partial charge on any atom is 0.186 e. The third-order valence-corrected chi connectivity index (χ3v) is 14.0. The topological polar surface area (TPSA) is 120 Å². The van der Waals surface area contributed by atoms with Crippen LogP contribution in [0.1, 0.15) is 107 Å². The van der Waals surface area contributed by atoms with Crippen LogP contribution >= 0.6 is 0 Å². The Morgan fingerprint density at radius 2 is 1.49 bits per heavy atom. The van der Waals surface area contributed by atoms with E-state index in [1.807, 2.05) is 0 Å². The lowest BCUT2D eigenvalue weighted by atomic mass is 9.35. The summed E-state index contributed by atoms with van der Waals surface area (Å²) < 4.78 is 12.2. The molecule has 7 nitrogen and oxygen atoms in total. The first kappa shape index (κ1) is 33.6. The van der Waals surface area contributed by atoms with Gasteiger partial charge in [0.2, 0.25) is 0 Å². The van der Waals surface area contributed by atoms with Gasteiger partial charge in [0.05, 0.1) is 18.8 Å². The van der Waals surface area contributed by atoms with Crippen LogP contribution < -0.4 is 0 Å². The number of aliphatic hydroxyl groups is 5. The molecule has 6 unspecified atom stereocenters. The maximum absolute atomic E-state index is 12.0. The predicted molar refractivity (Wildman–Crippen MR) is 167 cm³/mol. The first-order valence-electron chi connectivity index (χ1n) is 17.0. The number of rotatable bonds is 6. The van der Waals surface area contributed by atoms with Gasteiger partial charge in [0, 0.05) is 0 Å². The fourth-order valence-corrected chi connectivity index (χ4v) is 11.5. The third kappa shape index (κ3) is 5.21. The minimum atomic E-state index is -1.44. The van der Waals surface area contributed by atoms with E-state index < -0.39 is 37.3 Å². The fraction of sp³-hybridized carbons (Fsp3) is 0.889. The molecular formula is C36H60O7. The van der Waals surface area contributed by atoms with Gasteiger partial charge in [0.15, 0.2) is 6.29 Å². The number of fused-ring (bicyclic) bond motifs is 5. The molecular weight excluding hydrogens is 544 g/mol. The molecule has 43 heavy (non-hydrogen) atoms. The number of ether oxygens (including phenoxy) is 2. The van der Waals surface area contributed by atoms with E-state index >= 15 is 0 Å². The second-order valence-electron chi connectivity index (χ2n) is 16.6. The minimum absolute atomic E-state index is 0.0348. The van der Waals surface area contributed by atoms with E-state index in [4.69, 9.17) is 9.47 Å². The highest BCUT2D eigenvalue weighted by atomic mass is 16.7. The molecule has 0 aromatic rings. The van der Waals surface area contributed by atoms with E-state index in [1.165, 1.54) is 11.1 Å². The van der Waals surface area contributed by atoms with Gasteiger partial charge in [-0.05, 0) is 117 Å². The van der Waals surface area contributed by atoms with Crippen LogP contribution in [-0.4, -0.2) is 75.1 Å². The van der Waals surface area contributed by atoms with Crippen LogP contribution in [0.15, 0.2) is 23.3 Å².